The fraction of sp³-hybridized carbons (Fsp3) is 0.310. The first-order valence-corrected chi connectivity index (χ1v) is 12.1. The van der Waals surface area contributed by atoms with Gasteiger partial charge >= 0.3 is 0 Å². The third kappa shape index (κ3) is 4.24. The third-order valence-corrected chi connectivity index (χ3v) is 7.52. The monoisotopic (exact) mass is 552 g/mol. The Morgan fingerprint density at radius 3 is 2.42 bits per heavy atom. The van der Waals surface area contributed by atoms with E-state index in [2.05, 4.69) is 23.7 Å². The van der Waals surface area contributed by atoms with Crippen LogP contribution in [0.1, 0.15) is 57.2 Å². The quantitative estimate of drug-likeness (QED) is 0.399. The topological polar surface area (TPSA) is 65.3 Å². The Kier molecular flexibility index (Phi) is 6.69. The average Bonchev–Trinajstić information content (AvgIpc) is 3.38. The van der Waals surface area contributed by atoms with Gasteiger partial charge in [0.15, 0.2) is 0 Å². The number of rotatable bonds is 2. The molecule has 36 heavy (non-hydrogen) atoms. The molecule has 0 N–H and O–H groups in total. The molecule has 0 saturated carbocycles. The van der Waals surface area contributed by atoms with E-state index in [4.69, 9.17) is 4.99 Å². The van der Waals surface area contributed by atoms with Crippen molar-refractivity contribution in [2.24, 2.45) is 9.98 Å². The summed E-state index contributed by atoms with van der Waals surface area (Å²) in [5.41, 5.74) is 8.05. The van der Waals surface area contributed by atoms with E-state index in [0.29, 0.717) is 36.3 Å². The first kappa shape index (κ1) is 25.0. The molecule has 2 aromatic carbocycles. The minimum atomic E-state index is -0.0211. The standard InChI is InChI=1S/C29H27N4O2.Y/c1-4-19-10-23-14-31-27-12-21(18(3)8-25(27)29(35)33(23)16-19)9-20-5-6-24-26(11-20)30-13-22-7-17(2)15-32(22)28(24)34;/h4,6,8,11-14,22-23H,2,7,9-10,15-16H2,1,3H3;/q-1;/b19-4+;/t22-,23-;/m0./s1. The Balaban J connectivity index is 0.00000267. The smallest absolute Gasteiger partial charge is 0.256 e. The van der Waals surface area contributed by atoms with E-state index in [0.717, 1.165) is 40.8 Å². The molecule has 2 aromatic rings. The molecule has 4 heterocycles. The molecule has 6 nitrogen and oxygen atoms in total. The summed E-state index contributed by atoms with van der Waals surface area (Å²) in [7, 11) is 0. The van der Waals surface area contributed by atoms with Gasteiger partial charge in [0.05, 0.1) is 23.3 Å². The molecule has 2 saturated heterocycles. The molecule has 0 aliphatic carbocycles. The Bertz CT molecular complexity index is 1390. The zero-order valence-corrected chi connectivity index (χ0v) is 23.5. The van der Waals surface area contributed by atoms with Gasteiger partial charge in [-0.15, -0.1) is 6.07 Å². The van der Waals surface area contributed by atoms with Gasteiger partial charge in [-0.3, -0.25) is 19.6 Å². The maximum absolute atomic E-state index is 13.3. The summed E-state index contributed by atoms with van der Waals surface area (Å²) in [6.07, 6.45) is 8.11. The first-order chi connectivity index (χ1) is 16.9. The van der Waals surface area contributed by atoms with Crippen molar-refractivity contribution in [1.82, 2.24) is 9.80 Å². The number of carbonyl (C=O) groups excluding carboxylic acids is 2. The van der Waals surface area contributed by atoms with Crippen molar-refractivity contribution in [2.45, 2.75) is 45.2 Å². The van der Waals surface area contributed by atoms with Crippen LogP contribution in [0.2, 0.25) is 0 Å². The van der Waals surface area contributed by atoms with Gasteiger partial charge < -0.3 is 9.80 Å². The maximum atomic E-state index is 13.3. The van der Waals surface area contributed by atoms with Crippen molar-refractivity contribution in [3.8, 4) is 0 Å². The van der Waals surface area contributed by atoms with Crippen molar-refractivity contribution in [1.29, 1.82) is 0 Å². The van der Waals surface area contributed by atoms with Crippen molar-refractivity contribution in [2.75, 3.05) is 13.1 Å². The van der Waals surface area contributed by atoms with Crippen LogP contribution >= 0.6 is 0 Å². The van der Waals surface area contributed by atoms with Gasteiger partial charge in [-0.05, 0) is 67.6 Å². The molecule has 4 aliphatic heterocycles. The van der Waals surface area contributed by atoms with E-state index >= 15 is 0 Å². The van der Waals surface area contributed by atoms with E-state index in [1.54, 1.807) is 6.07 Å². The number of carbonyl (C=O) groups is 2. The normalized spacial score (nSPS) is 23.2. The Labute approximate surface area is 236 Å². The van der Waals surface area contributed by atoms with Crippen LogP contribution in [0.25, 0.3) is 0 Å². The molecule has 1 radical (unpaired) electrons. The van der Waals surface area contributed by atoms with E-state index in [-0.39, 0.29) is 56.6 Å². The van der Waals surface area contributed by atoms with Gasteiger partial charge in [0.25, 0.3) is 5.91 Å². The van der Waals surface area contributed by atoms with Crippen LogP contribution in [0.15, 0.2) is 58.1 Å². The van der Waals surface area contributed by atoms with E-state index in [1.807, 2.05) is 54.3 Å². The number of fused-ring (bicyclic) bond motifs is 4. The molecule has 0 spiro atoms. The predicted octanol–water partition coefficient (Wildman–Crippen LogP) is 4.75. The van der Waals surface area contributed by atoms with Crippen molar-refractivity contribution >= 4 is 35.6 Å². The molecule has 179 valence electrons. The van der Waals surface area contributed by atoms with Gasteiger partial charge in [-0.1, -0.05) is 23.8 Å². The minimum Gasteiger partial charge on any atom is -0.337 e. The third-order valence-electron chi connectivity index (χ3n) is 7.52. The number of aryl methyl sites for hydroxylation is 1. The second-order valence-electron chi connectivity index (χ2n) is 9.89. The van der Waals surface area contributed by atoms with E-state index in [1.165, 1.54) is 5.57 Å². The van der Waals surface area contributed by atoms with Crippen LogP contribution in [0.4, 0.5) is 11.4 Å². The van der Waals surface area contributed by atoms with Crippen LogP contribution in [0, 0.1) is 13.0 Å². The van der Waals surface area contributed by atoms with E-state index < -0.39 is 0 Å². The van der Waals surface area contributed by atoms with Crippen LogP contribution in [0.3, 0.4) is 0 Å². The Hall–Kier alpha value is -2.70. The molecule has 7 heteroatoms. The molecule has 2 atom stereocenters. The summed E-state index contributed by atoms with van der Waals surface area (Å²) >= 11 is 0. The van der Waals surface area contributed by atoms with Gasteiger partial charge in [-0.2, -0.15) is 17.7 Å². The SMILES string of the molecule is C=C1C[C@H]2C=Nc3cc(Cc4cc5c(cc4C)C(=O)N4C/C(=C/C)C[C@H]4C=N5)[c-]cc3C(=O)N2C1.[Y]. The largest absolute Gasteiger partial charge is 0.337 e. The van der Waals surface area contributed by atoms with Gasteiger partial charge in [0.1, 0.15) is 0 Å². The molecule has 6 rings (SSSR count). The van der Waals surface area contributed by atoms with Crippen molar-refractivity contribution < 1.29 is 42.3 Å². The summed E-state index contributed by atoms with van der Waals surface area (Å²) in [6, 6.07) is 11.0. The molecule has 4 aliphatic rings. The summed E-state index contributed by atoms with van der Waals surface area (Å²) in [5.74, 6) is 0.0290. The average molecular weight is 552 g/mol. The number of allylic oxidation sites excluding steroid dienone is 1. The zero-order valence-electron chi connectivity index (χ0n) is 20.6. The summed E-state index contributed by atoms with van der Waals surface area (Å²) in [5, 5.41) is 0. The second-order valence-corrected chi connectivity index (χ2v) is 9.89. The maximum Gasteiger partial charge on any atom is 0.256 e. The Morgan fingerprint density at radius 2 is 1.67 bits per heavy atom. The van der Waals surface area contributed by atoms with Gasteiger partial charge in [0.2, 0.25) is 5.91 Å². The van der Waals surface area contributed by atoms with Crippen LogP contribution < -0.4 is 0 Å². The van der Waals surface area contributed by atoms with Crippen molar-refractivity contribution in [3.05, 3.63) is 82.0 Å². The van der Waals surface area contributed by atoms with Gasteiger partial charge in [-0.25, -0.2) is 0 Å². The molecule has 2 fully saturated rings. The van der Waals surface area contributed by atoms with Gasteiger partial charge in [0, 0.05) is 58.2 Å². The minimum absolute atomic E-state index is 0. The number of benzene rings is 2. The Morgan fingerprint density at radius 1 is 1.00 bits per heavy atom. The fourth-order valence-corrected chi connectivity index (χ4v) is 5.49. The number of aliphatic imine (C=N–C) groups is 2. The molecule has 2 amide bonds. The number of nitrogens with zero attached hydrogens (tertiary/aromatic N) is 4. The first-order valence-electron chi connectivity index (χ1n) is 12.1. The summed E-state index contributed by atoms with van der Waals surface area (Å²) in [6.45, 7) is 9.34. The molecular weight excluding hydrogens is 525 g/mol. The molecular formula is C29H27N4O2Y-. The second kappa shape index (κ2) is 9.64. The zero-order chi connectivity index (χ0) is 24.3. The number of hydrogen-bond acceptors (Lipinski definition) is 4. The van der Waals surface area contributed by atoms with Crippen molar-refractivity contribution in [3.63, 3.8) is 0 Å². The predicted molar refractivity (Wildman–Crippen MR) is 137 cm³/mol. The summed E-state index contributed by atoms with van der Waals surface area (Å²) < 4.78 is 0. The fourth-order valence-electron chi connectivity index (χ4n) is 5.49. The molecule has 0 aromatic heterocycles. The molecule has 0 bridgehead atoms. The van der Waals surface area contributed by atoms with E-state index in [9.17, 15) is 9.59 Å². The number of hydrogen-bond donors (Lipinski definition) is 0. The van der Waals surface area contributed by atoms with Crippen LogP contribution in [-0.2, 0) is 39.1 Å². The molecule has 0 unspecified atom stereocenters. The summed E-state index contributed by atoms with van der Waals surface area (Å²) in [4.78, 5) is 39.5. The number of amides is 2. The van der Waals surface area contributed by atoms with Crippen LogP contribution in [0.5, 0.6) is 0 Å². The van der Waals surface area contributed by atoms with Crippen LogP contribution in [-0.4, -0.2) is 59.2 Å².